The maximum atomic E-state index is 14.2. The van der Waals surface area contributed by atoms with Crippen molar-refractivity contribution in [3.63, 3.8) is 0 Å². The van der Waals surface area contributed by atoms with Crippen molar-refractivity contribution in [2.45, 2.75) is 172 Å². The fraction of sp³-hybridized carbons (Fsp3) is 1.00. The summed E-state index contributed by atoms with van der Waals surface area (Å²) in [5.74, 6) is -83.9. The Morgan fingerprint density at radius 3 is 0.476 bits per heavy atom. The Morgan fingerprint density at radius 2 is 0.357 bits per heavy atom. The molecule has 0 atom stereocenters. The van der Waals surface area contributed by atoms with Gasteiger partial charge in [-0.05, 0) is 76.0 Å². The summed E-state index contributed by atoms with van der Waals surface area (Å²) < 4.78 is 524. The molecule has 0 amide bonds. The topological polar surface area (TPSA) is 73.8 Å². The van der Waals surface area contributed by atoms with Gasteiger partial charge in [0.2, 0.25) is 0 Å². The summed E-state index contributed by atoms with van der Waals surface area (Å²) in [7, 11) is -18.7. The third-order valence-electron chi connectivity index (χ3n) is 11.4. The van der Waals surface area contributed by atoms with Crippen LogP contribution < -0.4 is 0 Å². The van der Waals surface area contributed by atoms with Crippen LogP contribution in [0.1, 0.15) is 25.7 Å². The molecule has 1 fully saturated rings. The molecule has 504 valence electrons. The fourth-order valence-electron chi connectivity index (χ4n) is 7.09. The van der Waals surface area contributed by atoms with Crippen LogP contribution in [0.3, 0.4) is 0 Å². The Balaban J connectivity index is 3.80. The lowest BCUT2D eigenvalue weighted by Crippen LogP contribution is -2.67. The van der Waals surface area contributed by atoms with Crippen LogP contribution in [-0.4, -0.2) is 183 Å². The van der Waals surface area contributed by atoms with Gasteiger partial charge >= 0.3 is 130 Å². The summed E-state index contributed by atoms with van der Waals surface area (Å²) in [4.78, 5) is 0. The molecule has 0 radical (unpaired) electrons. The van der Waals surface area contributed by atoms with Crippen LogP contribution in [0.4, 0.5) is 158 Å². The van der Waals surface area contributed by atoms with Crippen LogP contribution in [0.2, 0.25) is 50.4 Å². The first-order valence-electron chi connectivity index (χ1n) is 22.6. The van der Waals surface area contributed by atoms with Crippen LogP contribution in [0.5, 0.6) is 0 Å². The Morgan fingerprint density at radius 1 is 0.226 bits per heavy atom. The summed E-state index contributed by atoms with van der Waals surface area (Å²) in [6.07, 6.45) is -33.0. The molecule has 0 unspecified atom stereocenters. The molecule has 0 aliphatic carbocycles. The number of ether oxygens (including phenoxy) is 4. The van der Waals surface area contributed by atoms with Crippen LogP contribution in [0.15, 0.2) is 0 Å². The van der Waals surface area contributed by atoms with Crippen molar-refractivity contribution >= 4 is 34.2 Å². The molecule has 1 heterocycles. The number of rotatable bonds is 32. The molecule has 1 saturated heterocycles. The standard InChI is InChI=1S/C36H44F36O8Si4/c1-81(13-5-9-73-17-21(37,38)25(45,46)29(53,54)33(61,62)63)77-82(2,14-6-10-74-18-22(39,40)26(47,48)30(55,56)34(64,65)66)79-84(4,16-8-12-76-20-24(43,44)28(51,52)32(59,60)36(70,71)72)80-83(3,78-81)15-7-11-75-19-23(41,42)27(49,50)31(57,58)35(67,68)69/h5-20H2,1-4H3. The molecule has 48 heteroatoms. The highest BCUT2D eigenvalue weighted by molar-refractivity contribution is 6.93. The molecule has 0 bridgehead atoms. The predicted molar refractivity (Wildman–Crippen MR) is 215 cm³/mol. The number of alkyl halides is 36. The van der Waals surface area contributed by atoms with Gasteiger partial charge in [0.1, 0.15) is 26.4 Å². The van der Waals surface area contributed by atoms with Crippen LogP contribution in [-0.2, 0) is 35.4 Å². The largest absolute Gasteiger partial charge is 0.460 e. The lowest BCUT2D eigenvalue weighted by molar-refractivity contribution is -0.399. The molecule has 0 N–H and O–H groups in total. The van der Waals surface area contributed by atoms with Crippen LogP contribution >= 0.6 is 0 Å². The minimum atomic E-state index is -7.41. The minimum absolute atomic E-state index is 0.874. The first kappa shape index (κ1) is 80.0. The van der Waals surface area contributed by atoms with E-state index < -0.39 is 233 Å². The first-order valence-corrected chi connectivity index (χ1v) is 32.7. The summed E-state index contributed by atoms with van der Waals surface area (Å²) in [5, 5.41) is 0. The zero-order valence-corrected chi connectivity index (χ0v) is 46.2. The molecule has 0 aromatic rings. The highest BCUT2D eigenvalue weighted by Crippen LogP contribution is 2.57. The highest BCUT2D eigenvalue weighted by atomic mass is 28.5. The van der Waals surface area contributed by atoms with Crippen molar-refractivity contribution in [3.05, 3.63) is 0 Å². The molecular weight excluding hydrogens is 1360 g/mol. The molecule has 1 aliphatic rings. The van der Waals surface area contributed by atoms with Crippen molar-refractivity contribution in [2.75, 3.05) is 52.9 Å². The highest BCUT2D eigenvalue weighted by Gasteiger charge is 2.85. The van der Waals surface area contributed by atoms with E-state index in [0.717, 1.165) is 26.2 Å². The van der Waals surface area contributed by atoms with E-state index in [-0.39, 0.29) is 0 Å². The maximum absolute atomic E-state index is 14.2. The Labute approximate surface area is 452 Å². The van der Waals surface area contributed by atoms with Gasteiger partial charge in [-0.15, -0.1) is 0 Å². The first-order chi connectivity index (χ1) is 36.7. The van der Waals surface area contributed by atoms with E-state index in [1.165, 1.54) is 0 Å². The van der Waals surface area contributed by atoms with E-state index in [1.54, 1.807) is 0 Å². The van der Waals surface area contributed by atoms with Crippen molar-refractivity contribution in [1.82, 2.24) is 0 Å². The van der Waals surface area contributed by atoms with Gasteiger partial charge in [0.05, 0.1) is 0 Å². The van der Waals surface area contributed by atoms with Crippen molar-refractivity contribution < 1.29 is 193 Å². The third kappa shape index (κ3) is 17.3. The Kier molecular flexibility index (Phi) is 24.5. The smallest absolute Gasteiger partial charge is 0.416 e. The monoisotopic (exact) mass is 1400 g/mol. The van der Waals surface area contributed by atoms with Gasteiger partial charge in [0.15, 0.2) is 0 Å². The van der Waals surface area contributed by atoms with Gasteiger partial charge in [-0.3, -0.25) is 0 Å². The molecule has 0 aromatic carbocycles. The summed E-state index contributed by atoms with van der Waals surface area (Å²) in [6.45, 7) is -13.8. The van der Waals surface area contributed by atoms with Gasteiger partial charge in [-0.2, -0.15) is 158 Å². The molecule has 0 spiro atoms. The van der Waals surface area contributed by atoms with Gasteiger partial charge in [-0.25, -0.2) is 0 Å². The van der Waals surface area contributed by atoms with Gasteiger partial charge in [0, 0.05) is 26.4 Å². The molecule has 0 saturated carbocycles. The SMILES string of the molecule is C[Si]1(CCCOCC(F)(F)C(F)(F)C(F)(F)C(F)(F)F)O[Si](C)(CCCOCC(F)(F)C(F)(F)C(F)(F)C(F)(F)F)O[Si](C)(CCCOCC(F)(F)C(F)(F)C(F)(F)C(F)(F)F)O[Si](C)(CCCOCC(F)(F)C(F)(F)C(F)(F)C(F)(F)F)O1. The molecule has 1 aliphatic heterocycles. The Hall–Kier alpha value is -1.97. The molecule has 1 rings (SSSR count). The average molecular weight is 1400 g/mol. The second-order valence-electron chi connectivity index (χ2n) is 19.0. The van der Waals surface area contributed by atoms with Crippen LogP contribution in [0.25, 0.3) is 0 Å². The normalized spacial score (nSPS) is 23.7. The average Bonchev–Trinajstić information content (AvgIpc) is 3.25. The van der Waals surface area contributed by atoms with Gasteiger partial charge in [-0.1, -0.05) is 0 Å². The van der Waals surface area contributed by atoms with Crippen molar-refractivity contribution in [3.8, 4) is 0 Å². The number of halogens is 36. The number of hydrogen-bond acceptors (Lipinski definition) is 8. The van der Waals surface area contributed by atoms with E-state index in [1.807, 2.05) is 0 Å². The molecule has 8 nitrogen and oxygen atoms in total. The van der Waals surface area contributed by atoms with Crippen LogP contribution in [0, 0.1) is 0 Å². The summed E-state index contributed by atoms with van der Waals surface area (Å²) >= 11 is 0. The van der Waals surface area contributed by atoms with Gasteiger partial charge < -0.3 is 35.4 Å². The van der Waals surface area contributed by atoms with E-state index in [4.69, 9.17) is 16.5 Å². The molecule has 84 heavy (non-hydrogen) atoms. The lowest BCUT2D eigenvalue weighted by Gasteiger charge is -2.50. The Bertz CT molecular complexity index is 1810. The van der Waals surface area contributed by atoms with E-state index in [0.29, 0.717) is 0 Å². The minimum Gasteiger partial charge on any atom is -0.416 e. The fourth-order valence-corrected chi connectivity index (χ4v) is 30.3. The summed E-state index contributed by atoms with van der Waals surface area (Å²) in [5.41, 5.74) is 0. The predicted octanol–water partition coefficient (Wildman–Crippen LogP) is 15.9. The second kappa shape index (κ2) is 25.7. The lowest BCUT2D eigenvalue weighted by atomic mass is 10.0. The van der Waals surface area contributed by atoms with Crippen molar-refractivity contribution in [2.24, 2.45) is 0 Å². The van der Waals surface area contributed by atoms with E-state index in [2.05, 4.69) is 18.9 Å². The molecular formula is C36H44F36O8Si4. The molecule has 0 aromatic heterocycles. The third-order valence-corrected chi connectivity index (χ3v) is 30.2. The zero-order valence-electron chi connectivity index (χ0n) is 42.2. The number of hydrogen-bond donors (Lipinski definition) is 0. The maximum Gasteiger partial charge on any atom is 0.460 e. The van der Waals surface area contributed by atoms with E-state index in [9.17, 15) is 158 Å². The quantitative estimate of drug-likeness (QED) is 0.0375. The zero-order chi connectivity index (χ0) is 67.0. The van der Waals surface area contributed by atoms with Gasteiger partial charge in [0.25, 0.3) is 0 Å². The van der Waals surface area contributed by atoms with E-state index >= 15 is 0 Å². The summed E-state index contributed by atoms with van der Waals surface area (Å²) in [6, 6.07) is -3.61. The van der Waals surface area contributed by atoms with Crippen molar-refractivity contribution in [1.29, 1.82) is 0 Å². The second-order valence-corrected chi connectivity index (χ2v) is 33.3.